The van der Waals surface area contributed by atoms with E-state index in [0.717, 1.165) is 22.4 Å². The Kier molecular flexibility index (Phi) is 7.77. The SMILES string of the molecule is CC[C@H](C)[C@H](CO)N1C(=O)[C@@H]2[C@@H]3C(=O)N(Cc4ccccc4)CC=C[C@@H]3O[C@@]23C=CCN(c2cc(C)ccc2C)C(=O)C13. The Morgan fingerprint density at radius 3 is 2.49 bits per heavy atom. The van der Waals surface area contributed by atoms with E-state index in [1.807, 2.05) is 101 Å². The molecule has 4 heterocycles. The lowest BCUT2D eigenvalue weighted by atomic mass is 9.77. The Hall–Kier alpha value is -3.75. The van der Waals surface area contributed by atoms with Crippen molar-refractivity contribution in [1.29, 1.82) is 0 Å². The number of amides is 3. The summed E-state index contributed by atoms with van der Waals surface area (Å²) in [6, 6.07) is 14.2. The van der Waals surface area contributed by atoms with Gasteiger partial charge in [-0.3, -0.25) is 14.4 Å². The molecule has 1 spiro atoms. The van der Waals surface area contributed by atoms with Gasteiger partial charge in [0.15, 0.2) is 0 Å². The van der Waals surface area contributed by atoms with Gasteiger partial charge in [-0.2, -0.15) is 0 Å². The van der Waals surface area contributed by atoms with Crippen LogP contribution in [0.4, 0.5) is 5.69 Å². The molecule has 2 saturated heterocycles. The van der Waals surface area contributed by atoms with Gasteiger partial charge in [0.25, 0.3) is 5.91 Å². The fraction of sp³-hybridized carbons (Fsp3) is 0.457. The van der Waals surface area contributed by atoms with Gasteiger partial charge in [0.2, 0.25) is 11.8 Å². The molecule has 0 bridgehead atoms. The molecule has 3 amide bonds. The number of aryl methyl sites for hydroxylation is 2. The second-order valence-electron chi connectivity index (χ2n) is 12.5. The van der Waals surface area contributed by atoms with Gasteiger partial charge in [-0.05, 0) is 42.5 Å². The molecule has 4 aliphatic rings. The van der Waals surface area contributed by atoms with Crippen LogP contribution in [0.25, 0.3) is 0 Å². The summed E-state index contributed by atoms with van der Waals surface area (Å²) in [5.41, 5.74) is 2.41. The Labute approximate surface area is 253 Å². The maximum absolute atomic E-state index is 14.8. The molecule has 2 aromatic rings. The molecule has 0 aliphatic carbocycles. The Morgan fingerprint density at radius 1 is 1.00 bits per heavy atom. The van der Waals surface area contributed by atoms with Gasteiger partial charge in [0.1, 0.15) is 11.6 Å². The van der Waals surface area contributed by atoms with E-state index in [1.165, 1.54) is 0 Å². The third kappa shape index (κ3) is 4.71. The zero-order valence-electron chi connectivity index (χ0n) is 25.3. The number of rotatable bonds is 7. The molecule has 43 heavy (non-hydrogen) atoms. The molecule has 8 heteroatoms. The molecule has 2 aromatic carbocycles. The highest BCUT2D eigenvalue weighted by molar-refractivity contribution is 6.06. The summed E-state index contributed by atoms with van der Waals surface area (Å²) in [4.78, 5) is 48.9. The molecule has 1 N–H and O–H groups in total. The van der Waals surface area contributed by atoms with Crippen LogP contribution in [0.3, 0.4) is 0 Å². The largest absolute Gasteiger partial charge is 0.394 e. The lowest BCUT2D eigenvalue weighted by Crippen LogP contribution is -2.59. The van der Waals surface area contributed by atoms with Crippen molar-refractivity contribution in [2.75, 3.05) is 24.6 Å². The van der Waals surface area contributed by atoms with Gasteiger partial charge in [0.05, 0.1) is 30.6 Å². The normalized spacial score (nSPS) is 29.7. The second kappa shape index (κ2) is 11.4. The third-order valence-electron chi connectivity index (χ3n) is 9.90. The predicted molar refractivity (Wildman–Crippen MR) is 164 cm³/mol. The van der Waals surface area contributed by atoms with Gasteiger partial charge in [-0.1, -0.05) is 87.0 Å². The summed E-state index contributed by atoms with van der Waals surface area (Å²) in [5.74, 6) is -2.48. The summed E-state index contributed by atoms with van der Waals surface area (Å²) >= 11 is 0. The third-order valence-corrected chi connectivity index (χ3v) is 9.90. The minimum absolute atomic E-state index is 0.0749. The first kappa shape index (κ1) is 29.3. The average molecular weight is 584 g/mol. The number of nitrogens with zero attached hydrogens (tertiary/aromatic N) is 3. The first-order chi connectivity index (χ1) is 20.7. The molecule has 4 aliphatic heterocycles. The summed E-state index contributed by atoms with van der Waals surface area (Å²) in [5, 5.41) is 10.6. The Morgan fingerprint density at radius 2 is 1.77 bits per heavy atom. The van der Waals surface area contributed by atoms with Crippen molar-refractivity contribution >= 4 is 23.4 Å². The topological polar surface area (TPSA) is 90.4 Å². The number of anilines is 1. The van der Waals surface area contributed by atoms with Gasteiger partial charge in [0, 0.05) is 25.3 Å². The van der Waals surface area contributed by atoms with Gasteiger partial charge < -0.3 is 24.5 Å². The Balaban J connectivity index is 1.46. The van der Waals surface area contributed by atoms with Crippen LogP contribution in [0, 0.1) is 31.6 Å². The fourth-order valence-corrected chi connectivity index (χ4v) is 7.47. The number of carbonyl (C=O) groups is 3. The van der Waals surface area contributed by atoms with E-state index in [9.17, 15) is 19.5 Å². The van der Waals surface area contributed by atoms with Crippen LogP contribution in [0.1, 0.15) is 37.0 Å². The van der Waals surface area contributed by atoms with E-state index in [4.69, 9.17) is 4.74 Å². The first-order valence-electron chi connectivity index (χ1n) is 15.4. The second-order valence-corrected chi connectivity index (χ2v) is 12.5. The molecule has 0 radical (unpaired) electrons. The van der Waals surface area contributed by atoms with Crippen LogP contribution in [0.2, 0.25) is 0 Å². The van der Waals surface area contributed by atoms with E-state index < -0.39 is 35.6 Å². The molecule has 6 rings (SSSR count). The molecular formula is C35H41N3O5. The molecule has 0 aromatic heterocycles. The van der Waals surface area contributed by atoms with Crippen molar-refractivity contribution in [3.8, 4) is 0 Å². The molecule has 2 fully saturated rings. The standard InChI is InChI=1S/C35H41N3O5/c1-5-23(3)27(21-39)38-31-34(42)37(26-19-22(2)14-15-24(26)4)18-10-16-35(31)30(33(38)41)29-28(43-35)13-9-17-36(32(29)40)20-25-11-7-6-8-12-25/h6-16,19,23,27-31,39H,5,17-18,20-21H2,1-4H3/t23-,27-,28-,29+,30-,31?,35-/m0/s1. The Bertz CT molecular complexity index is 1470. The van der Waals surface area contributed by atoms with Gasteiger partial charge >= 0.3 is 0 Å². The van der Waals surface area contributed by atoms with E-state index in [2.05, 4.69) is 0 Å². The van der Waals surface area contributed by atoms with Gasteiger partial charge in [-0.25, -0.2) is 0 Å². The number of likely N-dealkylation sites (tertiary alicyclic amines) is 1. The number of benzene rings is 2. The number of aliphatic hydroxyl groups excluding tert-OH is 1. The van der Waals surface area contributed by atoms with Crippen molar-refractivity contribution in [2.24, 2.45) is 17.8 Å². The summed E-state index contributed by atoms with van der Waals surface area (Å²) in [6.07, 6.45) is 7.66. The quantitative estimate of drug-likeness (QED) is 0.501. The van der Waals surface area contributed by atoms with Crippen LogP contribution in [-0.2, 0) is 25.7 Å². The summed E-state index contributed by atoms with van der Waals surface area (Å²) in [6.45, 7) is 8.80. The smallest absolute Gasteiger partial charge is 0.253 e. The molecule has 0 saturated carbocycles. The fourth-order valence-electron chi connectivity index (χ4n) is 7.47. The molecule has 7 atom stereocenters. The monoisotopic (exact) mass is 583 g/mol. The predicted octanol–water partition coefficient (Wildman–Crippen LogP) is 3.79. The van der Waals surface area contributed by atoms with E-state index in [-0.39, 0.29) is 30.2 Å². The minimum atomic E-state index is -1.34. The van der Waals surface area contributed by atoms with Crippen molar-refractivity contribution in [3.63, 3.8) is 0 Å². The van der Waals surface area contributed by atoms with Crippen LogP contribution in [-0.4, -0.2) is 76.1 Å². The van der Waals surface area contributed by atoms with Crippen LogP contribution in [0.15, 0.2) is 72.8 Å². The maximum Gasteiger partial charge on any atom is 0.253 e. The zero-order chi connectivity index (χ0) is 30.5. The number of hydrogen-bond donors (Lipinski definition) is 1. The van der Waals surface area contributed by atoms with Crippen molar-refractivity contribution < 1.29 is 24.2 Å². The highest BCUT2D eigenvalue weighted by atomic mass is 16.5. The van der Waals surface area contributed by atoms with Crippen LogP contribution < -0.4 is 4.90 Å². The zero-order valence-corrected chi connectivity index (χ0v) is 25.3. The number of aliphatic hydroxyl groups is 1. The van der Waals surface area contributed by atoms with Gasteiger partial charge in [-0.15, -0.1) is 0 Å². The number of hydrogen-bond acceptors (Lipinski definition) is 5. The number of fused-ring (bicyclic) bond motifs is 2. The minimum Gasteiger partial charge on any atom is -0.394 e. The molecular weight excluding hydrogens is 542 g/mol. The van der Waals surface area contributed by atoms with E-state index >= 15 is 0 Å². The number of carbonyl (C=O) groups excluding carboxylic acids is 3. The van der Waals surface area contributed by atoms with Crippen molar-refractivity contribution in [3.05, 3.63) is 89.5 Å². The van der Waals surface area contributed by atoms with Crippen LogP contribution in [0.5, 0.6) is 0 Å². The lowest BCUT2D eigenvalue weighted by Gasteiger charge is -2.40. The average Bonchev–Trinajstić information content (AvgIpc) is 3.32. The highest BCUT2D eigenvalue weighted by Gasteiger charge is 2.72. The molecule has 8 nitrogen and oxygen atoms in total. The van der Waals surface area contributed by atoms with E-state index in [0.29, 0.717) is 26.1 Å². The molecule has 226 valence electrons. The summed E-state index contributed by atoms with van der Waals surface area (Å²) < 4.78 is 6.81. The summed E-state index contributed by atoms with van der Waals surface area (Å²) in [7, 11) is 0. The van der Waals surface area contributed by atoms with Crippen molar-refractivity contribution in [2.45, 2.75) is 64.4 Å². The van der Waals surface area contributed by atoms with Crippen molar-refractivity contribution in [1.82, 2.24) is 9.80 Å². The highest BCUT2D eigenvalue weighted by Crippen LogP contribution is 2.54. The maximum atomic E-state index is 14.8. The number of ether oxygens (including phenoxy) is 1. The lowest BCUT2D eigenvalue weighted by molar-refractivity contribution is -0.148. The molecule has 1 unspecified atom stereocenters. The van der Waals surface area contributed by atoms with Crippen LogP contribution >= 0.6 is 0 Å². The van der Waals surface area contributed by atoms with E-state index in [1.54, 1.807) is 14.7 Å². The first-order valence-corrected chi connectivity index (χ1v) is 15.4.